The van der Waals surface area contributed by atoms with Gasteiger partial charge in [-0.3, -0.25) is 9.69 Å². The Balaban J connectivity index is 1.84. The van der Waals surface area contributed by atoms with E-state index in [1.165, 1.54) is 12.8 Å². The Morgan fingerprint density at radius 2 is 1.89 bits per heavy atom. The lowest BCUT2D eigenvalue weighted by Gasteiger charge is -2.40. The van der Waals surface area contributed by atoms with Crippen LogP contribution in [0.4, 0.5) is 0 Å². The first-order chi connectivity index (χ1) is 9.13. The first kappa shape index (κ1) is 14.8. The molecule has 2 rings (SSSR count). The van der Waals surface area contributed by atoms with Gasteiger partial charge in [0.25, 0.3) is 0 Å². The second-order valence-corrected chi connectivity index (χ2v) is 6.18. The molecule has 0 spiro atoms. The summed E-state index contributed by atoms with van der Waals surface area (Å²) < 4.78 is 0. The fourth-order valence-corrected chi connectivity index (χ4v) is 3.61. The van der Waals surface area contributed by atoms with Crippen molar-refractivity contribution in [1.82, 2.24) is 9.80 Å². The monoisotopic (exact) mass is 268 g/mol. The van der Waals surface area contributed by atoms with Crippen molar-refractivity contribution in [3.63, 3.8) is 0 Å². The number of carbonyl (C=O) groups excluding carboxylic acids is 1. The highest BCUT2D eigenvalue weighted by Crippen LogP contribution is 2.23. The van der Waals surface area contributed by atoms with Crippen LogP contribution in [-0.2, 0) is 4.79 Å². The Bertz CT molecular complexity index is 309. The zero-order valence-corrected chi connectivity index (χ0v) is 12.3. The van der Waals surface area contributed by atoms with Gasteiger partial charge in [-0.25, -0.2) is 0 Å². The first-order valence-corrected chi connectivity index (χ1v) is 7.79. The lowest BCUT2D eigenvalue weighted by atomic mass is 9.96. The SMILES string of the molecule is CC1CCCN1C(=O)CCN1C(C)CCCC1CO. The maximum atomic E-state index is 12.2. The molecule has 0 bridgehead atoms. The Labute approximate surface area is 116 Å². The molecular weight excluding hydrogens is 240 g/mol. The van der Waals surface area contributed by atoms with Gasteiger partial charge in [0, 0.05) is 37.6 Å². The maximum Gasteiger partial charge on any atom is 0.224 e. The highest BCUT2D eigenvalue weighted by Gasteiger charge is 2.29. The van der Waals surface area contributed by atoms with Crippen LogP contribution in [0.25, 0.3) is 0 Å². The van der Waals surface area contributed by atoms with Gasteiger partial charge >= 0.3 is 0 Å². The van der Waals surface area contributed by atoms with E-state index in [0.29, 0.717) is 24.4 Å². The number of rotatable bonds is 4. The summed E-state index contributed by atoms with van der Waals surface area (Å²) in [6.07, 6.45) is 6.34. The van der Waals surface area contributed by atoms with E-state index >= 15 is 0 Å². The minimum atomic E-state index is 0.221. The number of piperidine rings is 1. The maximum absolute atomic E-state index is 12.2. The Morgan fingerprint density at radius 3 is 2.53 bits per heavy atom. The Hall–Kier alpha value is -0.610. The second-order valence-electron chi connectivity index (χ2n) is 6.18. The summed E-state index contributed by atoms with van der Waals surface area (Å²) in [6.45, 7) is 6.31. The van der Waals surface area contributed by atoms with Gasteiger partial charge in [-0.15, -0.1) is 0 Å². The van der Waals surface area contributed by atoms with Gasteiger partial charge in [0.2, 0.25) is 5.91 Å². The molecule has 2 fully saturated rings. The summed E-state index contributed by atoms with van der Waals surface area (Å²) in [4.78, 5) is 16.6. The Morgan fingerprint density at radius 1 is 1.16 bits per heavy atom. The van der Waals surface area contributed by atoms with Crippen molar-refractivity contribution in [1.29, 1.82) is 0 Å². The zero-order valence-electron chi connectivity index (χ0n) is 12.3. The minimum absolute atomic E-state index is 0.221. The molecule has 2 saturated heterocycles. The molecule has 2 aliphatic heterocycles. The molecule has 19 heavy (non-hydrogen) atoms. The molecule has 0 aliphatic carbocycles. The van der Waals surface area contributed by atoms with Gasteiger partial charge in [-0.1, -0.05) is 6.42 Å². The van der Waals surface area contributed by atoms with Crippen LogP contribution in [-0.4, -0.2) is 58.6 Å². The van der Waals surface area contributed by atoms with E-state index in [9.17, 15) is 9.90 Å². The molecule has 4 heteroatoms. The number of hydrogen-bond acceptors (Lipinski definition) is 3. The molecule has 0 saturated carbocycles. The molecule has 1 N–H and O–H groups in total. The number of carbonyl (C=O) groups is 1. The van der Waals surface area contributed by atoms with Gasteiger partial charge in [0.1, 0.15) is 0 Å². The van der Waals surface area contributed by atoms with Gasteiger partial charge in [0.15, 0.2) is 0 Å². The first-order valence-electron chi connectivity index (χ1n) is 7.79. The van der Waals surface area contributed by atoms with E-state index in [1.54, 1.807) is 0 Å². The van der Waals surface area contributed by atoms with E-state index in [0.717, 1.165) is 32.4 Å². The van der Waals surface area contributed by atoms with Gasteiger partial charge < -0.3 is 10.0 Å². The van der Waals surface area contributed by atoms with Crippen LogP contribution < -0.4 is 0 Å². The van der Waals surface area contributed by atoms with Crippen LogP contribution in [0.3, 0.4) is 0 Å². The molecule has 3 atom stereocenters. The molecular formula is C15H28N2O2. The van der Waals surface area contributed by atoms with E-state index < -0.39 is 0 Å². The lowest BCUT2D eigenvalue weighted by molar-refractivity contribution is -0.132. The van der Waals surface area contributed by atoms with Gasteiger partial charge in [-0.05, 0) is 39.5 Å². The molecule has 0 radical (unpaired) electrons. The summed E-state index contributed by atoms with van der Waals surface area (Å²) in [5.41, 5.74) is 0. The molecule has 0 aromatic carbocycles. The third kappa shape index (κ3) is 3.48. The molecule has 2 heterocycles. The van der Waals surface area contributed by atoms with Crippen LogP contribution in [0.1, 0.15) is 52.4 Å². The summed E-state index contributed by atoms with van der Waals surface area (Å²) in [5, 5.41) is 9.46. The van der Waals surface area contributed by atoms with Crippen LogP contribution in [0.5, 0.6) is 0 Å². The van der Waals surface area contributed by atoms with E-state index in [1.807, 2.05) is 4.90 Å². The van der Waals surface area contributed by atoms with Crippen molar-refractivity contribution in [3.8, 4) is 0 Å². The molecule has 4 nitrogen and oxygen atoms in total. The van der Waals surface area contributed by atoms with Crippen LogP contribution in [0, 0.1) is 0 Å². The summed E-state index contributed by atoms with van der Waals surface area (Å²) in [6, 6.07) is 1.17. The van der Waals surface area contributed by atoms with Crippen LogP contribution in [0.15, 0.2) is 0 Å². The van der Waals surface area contributed by atoms with Crippen LogP contribution >= 0.6 is 0 Å². The largest absolute Gasteiger partial charge is 0.395 e. The molecule has 2 aliphatic rings. The number of aliphatic hydroxyl groups excluding tert-OH is 1. The highest BCUT2D eigenvalue weighted by molar-refractivity contribution is 5.77. The molecule has 110 valence electrons. The Kier molecular flexibility index (Phi) is 5.22. The lowest BCUT2D eigenvalue weighted by Crippen LogP contribution is -2.48. The summed E-state index contributed by atoms with van der Waals surface area (Å²) in [5.74, 6) is 0.291. The van der Waals surface area contributed by atoms with Crippen molar-refractivity contribution >= 4 is 5.91 Å². The normalized spacial score (nSPS) is 32.8. The third-order valence-electron chi connectivity index (χ3n) is 4.86. The predicted octanol–water partition coefficient (Wildman–Crippen LogP) is 1.62. The van der Waals surface area contributed by atoms with Crippen molar-refractivity contribution in [2.45, 2.75) is 70.5 Å². The number of amides is 1. The van der Waals surface area contributed by atoms with Gasteiger partial charge in [-0.2, -0.15) is 0 Å². The van der Waals surface area contributed by atoms with Crippen LogP contribution in [0.2, 0.25) is 0 Å². The second kappa shape index (κ2) is 6.71. The third-order valence-corrected chi connectivity index (χ3v) is 4.86. The van der Waals surface area contributed by atoms with Gasteiger partial charge in [0.05, 0.1) is 6.61 Å². The van der Waals surface area contributed by atoms with E-state index in [4.69, 9.17) is 0 Å². The number of aliphatic hydroxyl groups is 1. The van der Waals surface area contributed by atoms with Crippen molar-refractivity contribution < 1.29 is 9.90 Å². The van der Waals surface area contributed by atoms with E-state index in [2.05, 4.69) is 18.7 Å². The number of hydrogen-bond donors (Lipinski definition) is 1. The number of nitrogens with zero attached hydrogens (tertiary/aromatic N) is 2. The average Bonchev–Trinajstić information content (AvgIpc) is 2.83. The predicted molar refractivity (Wildman–Crippen MR) is 75.9 cm³/mol. The fourth-order valence-electron chi connectivity index (χ4n) is 3.61. The number of likely N-dealkylation sites (tertiary alicyclic amines) is 2. The minimum Gasteiger partial charge on any atom is -0.395 e. The average molecular weight is 268 g/mol. The standard InChI is InChI=1S/C15H28N2O2/c1-12-5-3-7-14(11-18)16(12)10-8-15(19)17-9-4-6-13(17)2/h12-14,18H,3-11H2,1-2H3. The molecule has 0 aromatic rings. The summed E-state index contributed by atoms with van der Waals surface area (Å²) in [7, 11) is 0. The topological polar surface area (TPSA) is 43.8 Å². The van der Waals surface area contributed by atoms with Crippen molar-refractivity contribution in [2.75, 3.05) is 19.7 Å². The summed E-state index contributed by atoms with van der Waals surface area (Å²) >= 11 is 0. The van der Waals surface area contributed by atoms with Crippen molar-refractivity contribution in [3.05, 3.63) is 0 Å². The molecule has 1 amide bonds. The molecule has 3 unspecified atom stereocenters. The van der Waals surface area contributed by atoms with Crippen molar-refractivity contribution in [2.24, 2.45) is 0 Å². The molecule has 0 aromatic heterocycles. The highest BCUT2D eigenvalue weighted by atomic mass is 16.3. The quantitative estimate of drug-likeness (QED) is 0.842. The fraction of sp³-hybridized carbons (Fsp3) is 0.933. The smallest absolute Gasteiger partial charge is 0.224 e. The zero-order chi connectivity index (χ0) is 13.8. The van der Waals surface area contributed by atoms with E-state index in [-0.39, 0.29) is 12.6 Å².